The van der Waals surface area contributed by atoms with E-state index < -0.39 is 6.09 Å². The molecule has 0 saturated heterocycles. The van der Waals surface area contributed by atoms with E-state index >= 15 is 0 Å². The Balaban J connectivity index is 2.30. The van der Waals surface area contributed by atoms with Crippen LogP contribution in [0.1, 0.15) is 6.92 Å². The summed E-state index contributed by atoms with van der Waals surface area (Å²) in [5.41, 5.74) is 0. The summed E-state index contributed by atoms with van der Waals surface area (Å²) in [6, 6.07) is 1.67. The van der Waals surface area contributed by atoms with Crippen LogP contribution in [0, 0.1) is 0 Å². The normalized spacial score (nSPS) is 10.2. The van der Waals surface area contributed by atoms with Crippen LogP contribution in [0.3, 0.4) is 0 Å². The van der Waals surface area contributed by atoms with Gasteiger partial charge in [-0.15, -0.1) is 0 Å². The first-order valence-electron chi connectivity index (χ1n) is 3.78. The molecule has 0 aromatic carbocycles. The Bertz CT molecular complexity index is 281. The van der Waals surface area contributed by atoms with E-state index in [1.807, 2.05) is 0 Å². The van der Waals surface area contributed by atoms with Crippen molar-refractivity contribution in [3.63, 3.8) is 0 Å². The number of carbonyl (C=O) groups is 1. The summed E-state index contributed by atoms with van der Waals surface area (Å²) < 4.78 is 4.59. The third kappa shape index (κ3) is 3.37. The lowest BCUT2D eigenvalue weighted by Crippen LogP contribution is -2.22. The first-order valence-corrected chi connectivity index (χ1v) is 3.78. The molecule has 1 aromatic heterocycles. The molecule has 0 aliphatic heterocycles. The second-order valence-corrected chi connectivity index (χ2v) is 2.06. The number of ether oxygens (including phenoxy) is 1. The molecule has 0 radical (unpaired) electrons. The second kappa shape index (κ2) is 4.91. The van der Waals surface area contributed by atoms with Gasteiger partial charge in [-0.25, -0.2) is 9.79 Å². The molecule has 0 fully saturated rings. The van der Waals surface area contributed by atoms with E-state index in [-0.39, 0.29) is 0 Å². The van der Waals surface area contributed by atoms with Gasteiger partial charge in [0, 0.05) is 6.07 Å². The highest BCUT2D eigenvalue weighted by molar-refractivity contribution is 5.82. The zero-order chi connectivity index (χ0) is 9.52. The fourth-order valence-electron chi connectivity index (χ4n) is 0.648. The van der Waals surface area contributed by atoms with E-state index in [1.165, 1.54) is 6.34 Å². The average Bonchev–Trinajstić information content (AvgIpc) is 2.57. The maximum atomic E-state index is 10.7. The third-order valence-corrected chi connectivity index (χ3v) is 1.15. The molecule has 70 valence electrons. The number of alkyl carbamates (subject to hydrolysis) is 1. The monoisotopic (exact) mass is 182 g/mol. The summed E-state index contributed by atoms with van der Waals surface area (Å²) >= 11 is 0. The number of carbonyl (C=O) groups excluding carboxylic acids is 1. The highest BCUT2D eigenvalue weighted by Crippen LogP contribution is 2.00. The van der Waals surface area contributed by atoms with Gasteiger partial charge in [0.25, 0.3) is 0 Å². The lowest BCUT2D eigenvalue weighted by Gasteiger charge is -1.97. The van der Waals surface area contributed by atoms with Gasteiger partial charge in [0.15, 0.2) is 0 Å². The molecule has 0 aliphatic rings. The number of nitrogens with zero attached hydrogens (tertiary/aromatic N) is 2. The molecule has 13 heavy (non-hydrogen) atoms. The lowest BCUT2D eigenvalue weighted by molar-refractivity contribution is 0.158. The zero-order valence-corrected chi connectivity index (χ0v) is 7.15. The zero-order valence-electron chi connectivity index (χ0n) is 7.15. The van der Waals surface area contributed by atoms with Crippen LogP contribution in [-0.2, 0) is 4.74 Å². The van der Waals surface area contributed by atoms with E-state index in [4.69, 9.17) is 0 Å². The molecular formula is C7H10N4O2. The Morgan fingerprint density at radius 1 is 1.92 bits per heavy atom. The number of hydrogen-bond donors (Lipinski definition) is 2. The van der Waals surface area contributed by atoms with Crippen molar-refractivity contribution in [3.05, 3.63) is 12.3 Å². The van der Waals surface area contributed by atoms with Crippen LogP contribution < -0.4 is 5.32 Å². The van der Waals surface area contributed by atoms with Gasteiger partial charge in [0.2, 0.25) is 0 Å². The third-order valence-electron chi connectivity index (χ3n) is 1.15. The first kappa shape index (κ1) is 9.24. The summed E-state index contributed by atoms with van der Waals surface area (Å²) in [6.07, 6.45) is 2.29. The highest BCUT2D eigenvalue weighted by Gasteiger charge is 1.94. The van der Waals surface area contributed by atoms with Gasteiger partial charge in [0.05, 0.1) is 19.1 Å². The fraction of sp³-hybridized carbons (Fsp3) is 0.286. The quantitative estimate of drug-likeness (QED) is 0.536. The first-order chi connectivity index (χ1) is 6.33. The molecule has 1 heterocycles. The number of rotatable bonds is 3. The van der Waals surface area contributed by atoms with E-state index in [2.05, 4.69) is 25.2 Å². The molecule has 1 rings (SSSR count). The molecule has 1 aromatic rings. The molecule has 0 atom stereocenters. The van der Waals surface area contributed by atoms with Gasteiger partial charge in [-0.2, -0.15) is 5.10 Å². The van der Waals surface area contributed by atoms with Crippen molar-refractivity contribution in [3.8, 4) is 0 Å². The minimum absolute atomic E-state index is 0.337. The molecule has 1 amide bonds. The average molecular weight is 182 g/mol. The van der Waals surface area contributed by atoms with Gasteiger partial charge < -0.3 is 4.74 Å². The van der Waals surface area contributed by atoms with Gasteiger partial charge >= 0.3 is 6.09 Å². The number of nitrogens with one attached hydrogen (secondary N) is 2. The minimum Gasteiger partial charge on any atom is -0.450 e. The molecular weight excluding hydrogens is 172 g/mol. The Morgan fingerprint density at radius 3 is 3.38 bits per heavy atom. The summed E-state index contributed by atoms with van der Waals surface area (Å²) in [7, 11) is 0. The largest absolute Gasteiger partial charge is 0.450 e. The van der Waals surface area contributed by atoms with E-state index in [9.17, 15) is 4.79 Å². The predicted octanol–water partition coefficient (Wildman–Crippen LogP) is 0.816. The van der Waals surface area contributed by atoms with Crippen LogP contribution in [-0.4, -0.2) is 29.2 Å². The van der Waals surface area contributed by atoms with Gasteiger partial charge in [0.1, 0.15) is 5.82 Å². The molecule has 0 saturated carbocycles. The maximum absolute atomic E-state index is 10.7. The van der Waals surface area contributed by atoms with E-state index in [0.29, 0.717) is 12.4 Å². The van der Waals surface area contributed by atoms with Crippen LogP contribution in [0.2, 0.25) is 0 Å². The minimum atomic E-state index is -0.522. The molecule has 0 spiro atoms. The van der Waals surface area contributed by atoms with Crippen molar-refractivity contribution in [1.82, 2.24) is 15.5 Å². The Morgan fingerprint density at radius 2 is 2.77 bits per heavy atom. The molecule has 6 heteroatoms. The highest BCUT2D eigenvalue weighted by atomic mass is 16.5. The number of amides is 1. The van der Waals surface area contributed by atoms with E-state index in [0.717, 1.165) is 0 Å². The summed E-state index contributed by atoms with van der Waals surface area (Å²) in [5, 5.41) is 8.60. The molecule has 0 bridgehead atoms. The SMILES string of the molecule is CCOC(=O)N/C=N/c1ccn[nH]1. The van der Waals surface area contributed by atoms with Crippen LogP contribution >= 0.6 is 0 Å². The number of H-pyrrole nitrogens is 1. The lowest BCUT2D eigenvalue weighted by atomic mass is 10.7. The Hall–Kier alpha value is -1.85. The van der Waals surface area contributed by atoms with Crippen molar-refractivity contribution in [2.45, 2.75) is 6.92 Å². The van der Waals surface area contributed by atoms with Crippen molar-refractivity contribution < 1.29 is 9.53 Å². The standard InChI is InChI=1S/C7H10N4O2/c1-2-13-7(12)9-5-8-6-3-4-10-11-6/h3-5H,2H2,1H3,(H2,8,9,10,11,12). The van der Waals surface area contributed by atoms with Crippen LogP contribution in [0.5, 0.6) is 0 Å². The Labute approximate surface area is 75.0 Å². The number of aromatic amines is 1. The summed E-state index contributed by atoms with van der Waals surface area (Å²) in [4.78, 5) is 14.6. The maximum Gasteiger partial charge on any atom is 0.412 e. The van der Waals surface area contributed by atoms with Crippen LogP contribution in [0.15, 0.2) is 17.3 Å². The van der Waals surface area contributed by atoms with Crippen molar-refractivity contribution in [2.75, 3.05) is 6.61 Å². The predicted molar refractivity (Wildman–Crippen MR) is 46.9 cm³/mol. The second-order valence-electron chi connectivity index (χ2n) is 2.06. The number of hydrogen-bond acceptors (Lipinski definition) is 4. The van der Waals surface area contributed by atoms with Gasteiger partial charge in [-0.05, 0) is 6.92 Å². The van der Waals surface area contributed by atoms with Crippen LogP contribution in [0.25, 0.3) is 0 Å². The van der Waals surface area contributed by atoms with Gasteiger partial charge in [-0.1, -0.05) is 0 Å². The van der Waals surface area contributed by atoms with Crippen molar-refractivity contribution in [2.24, 2.45) is 4.99 Å². The van der Waals surface area contributed by atoms with Crippen molar-refractivity contribution >= 4 is 18.2 Å². The topological polar surface area (TPSA) is 79.4 Å². The molecule has 2 N–H and O–H groups in total. The van der Waals surface area contributed by atoms with Crippen molar-refractivity contribution in [1.29, 1.82) is 0 Å². The molecule has 0 unspecified atom stereocenters. The summed E-state index contributed by atoms with van der Waals surface area (Å²) in [5.74, 6) is 0.566. The summed E-state index contributed by atoms with van der Waals surface area (Å²) in [6.45, 7) is 2.06. The van der Waals surface area contributed by atoms with E-state index in [1.54, 1.807) is 19.2 Å². The Kier molecular flexibility index (Phi) is 3.49. The fourth-order valence-corrected chi connectivity index (χ4v) is 0.648. The number of aromatic nitrogens is 2. The van der Waals surface area contributed by atoms with Gasteiger partial charge in [-0.3, -0.25) is 10.4 Å². The molecule has 6 nitrogen and oxygen atoms in total. The van der Waals surface area contributed by atoms with Crippen LogP contribution in [0.4, 0.5) is 10.6 Å². The number of aliphatic imine (C=N–C) groups is 1. The smallest absolute Gasteiger partial charge is 0.412 e. The molecule has 0 aliphatic carbocycles.